The minimum Gasteiger partial charge on any atom is -0.371 e. The van der Waals surface area contributed by atoms with E-state index in [1.165, 1.54) is 4.88 Å². The molecule has 0 bridgehead atoms. The quantitative estimate of drug-likeness (QED) is 0.867. The Morgan fingerprint density at radius 2 is 2.00 bits per heavy atom. The molecule has 0 radical (unpaired) electrons. The van der Waals surface area contributed by atoms with E-state index in [9.17, 15) is 0 Å². The third kappa shape index (κ3) is 4.48. The molecule has 0 unspecified atom stereocenters. The normalized spacial score (nSPS) is 10.0. The average molecular weight is 336 g/mol. The van der Waals surface area contributed by atoms with Crippen molar-refractivity contribution in [2.45, 2.75) is 13.2 Å². The van der Waals surface area contributed by atoms with E-state index in [1.807, 2.05) is 30.3 Å². The van der Waals surface area contributed by atoms with E-state index < -0.39 is 0 Å². The van der Waals surface area contributed by atoms with Gasteiger partial charge >= 0.3 is 0 Å². The van der Waals surface area contributed by atoms with Crippen LogP contribution < -0.4 is 5.73 Å². The van der Waals surface area contributed by atoms with Crippen LogP contribution in [-0.4, -0.2) is 6.54 Å². The van der Waals surface area contributed by atoms with Crippen molar-refractivity contribution in [1.82, 2.24) is 0 Å². The fourth-order valence-corrected chi connectivity index (χ4v) is 2.76. The molecule has 0 aliphatic carbocycles. The van der Waals surface area contributed by atoms with Gasteiger partial charge in [-0.3, -0.25) is 0 Å². The predicted octanol–water partition coefficient (Wildman–Crippen LogP) is 3.54. The summed E-state index contributed by atoms with van der Waals surface area (Å²) in [5, 5.41) is 0. The predicted molar refractivity (Wildman–Crippen MR) is 82.9 cm³/mol. The van der Waals surface area contributed by atoms with Crippen molar-refractivity contribution in [2.75, 3.05) is 6.54 Å². The molecule has 0 saturated carbocycles. The second-order valence-electron chi connectivity index (χ2n) is 3.86. The highest BCUT2D eigenvalue weighted by Crippen LogP contribution is 2.19. The zero-order chi connectivity index (χ0) is 13.5. The van der Waals surface area contributed by atoms with Crippen molar-refractivity contribution in [2.24, 2.45) is 5.73 Å². The van der Waals surface area contributed by atoms with Crippen LogP contribution in [0.25, 0.3) is 0 Å². The molecule has 2 nitrogen and oxygen atoms in total. The van der Waals surface area contributed by atoms with Crippen molar-refractivity contribution in [3.63, 3.8) is 0 Å². The molecule has 98 valence electrons. The molecule has 1 aromatic heterocycles. The van der Waals surface area contributed by atoms with Gasteiger partial charge in [0, 0.05) is 9.35 Å². The van der Waals surface area contributed by atoms with Gasteiger partial charge in [0.1, 0.15) is 0 Å². The van der Waals surface area contributed by atoms with Gasteiger partial charge in [-0.05, 0) is 23.8 Å². The van der Waals surface area contributed by atoms with Gasteiger partial charge in [0.15, 0.2) is 0 Å². The monoisotopic (exact) mass is 335 g/mol. The Kier molecular flexibility index (Phi) is 5.62. The molecule has 2 rings (SSSR count). The fourth-order valence-electron chi connectivity index (χ4n) is 1.54. The Morgan fingerprint density at radius 3 is 2.79 bits per heavy atom. The van der Waals surface area contributed by atoms with Crippen molar-refractivity contribution in [3.8, 4) is 11.8 Å². The van der Waals surface area contributed by atoms with Crippen LogP contribution in [0.4, 0.5) is 0 Å². The lowest BCUT2D eigenvalue weighted by molar-refractivity contribution is 0.109. The van der Waals surface area contributed by atoms with Crippen LogP contribution in [-0.2, 0) is 18.0 Å². The zero-order valence-corrected chi connectivity index (χ0v) is 12.8. The Hall–Kier alpha value is -1.12. The SMILES string of the molecule is NCC#Cc1ccc(COCc2ccccc2Br)s1. The molecule has 0 spiro atoms. The number of rotatable bonds is 4. The third-order valence-corrected chi connectivity index (χ3v) is 4.18. The molecule has 0 fully saturated rings. The minimum absolute atomic E-state index is 0.395. The van der Waals surface area contributed by atoms with Crippen molar-refractivity contribution in [3.05, 3.63) is 56.2 Å². The van der Waals surface area contributed by atoms with Crippen LogP contribution in [0.5, 0.6) is 0 Å². The average Bonchev–Trinajstić information content (AvgIpc) is 2.86. The first-order chi connectivity index (χ1) is 9.29. The minimum atomic E-state index is 0.395. The van der Waals surface area contributed by atoms with E-state index in [0.29, 0.717) is 19.8 Å². The molecule has 2 aromatic rings. The first kappa shape index (κ1) is 14.3. The lowest BCUT2D eigenvalue weighted by atomic mass is 10.2. The maximum Gasteiger partial charge on any atom is 0.0814 e. The van der Waals surface area contributed by atoms with Gasteiger partial charge in [0.25, 0.3) is 0 Å². The Morgan fingerprint density at radius 1 is 1.16 bits per heavy atom. The number of ether oxygens (including phenoxy) is 1. The summed E-state index contributed by atoms with van der Waals surface area (Å²) >= 11 is 5.15. The molecule has 1 heterocycles. The highest BCUT2D eigenvalue weighted by molar-refractivity contribution is 9.10. The number of nitrogens with two attached hydrogens (primary N) is 1. The molecule has 1 aromatic carbocycles. The number of hydrogen-bond acceptors (Lipinski definition) is 3. The summed E-state index contributed by atoms with van der Waals surface area (Å²) in [6.07, 6.45) is 0. The molecule has 0 aliphatic rings. The smallest absolute Gasteiger partial charge is 0.0814 e. The molecule has 2 N–H and O–H groups in total. The lowest BCUT2D eigenvalue weighted by Crippen LogP contribution is -1.93. The Balaban J connectivity index is 1.86. The van der Waals surface area contributed by atoms with Crippen LogP contribution in [0, 0.1) is 11.8 Å². The molecule has 19 heavy (non-hydrogen) atoms. The lowest BCUT2D eigenvalue weighted by Gasteiger charge is -2.04. The van der Waals surface area contributed by atoms with Crippen LogP contribution in [0.15, 0.2) is 40.9 Å². The molecular formula is C15H14BrNOS. The maximum absolute atomic E-state index is 5.71. The summed E-state index contributed by atoms with van der Waals surface area (Å²) in [7, 11) is 0. The summed E-state index contributed by atoms with van der Waals surface area (Å²) in [5.41, 5.74) is 6.50. The summed E-state index contributed by atoms with van der Waals surface area (Å²) in [4.78, 5) is 2.21. The summed E-state index contributed by atoms with van der Waals surface area (Å²) in [6.45, 7) is 1.60. The molecular weight excluding hydrogens is 322 g/mol. The Labute approximate surface area is 125 Å². The largest absolute Gasteiger partial charge is 0.371 e. The van der Waals surface area contributed by atoms with Gasteiger partial charge < -0.3 is 10.5 Å². The number of thiophene rings is 1. The second-order valence-corrected chi connectivity index (χ2v) is 5.88. The van der Waals surface area contributed by atoms with E-state index in [0.717, 1.165) is 14.9 Å². The molecule has 0 atom stereocenters. The van der Waals surface area contributed by atoms with Crippen LogP contribution >= 0.6 is 27.3 Å². The second kappa shape index (κ2) is 7.46. The molecule has 0 saturated heterocycles. The highest BCUT2D eigenvalue weighted by Gasteiger charge is 2.01. The fraction of sp³-hybridized carbons (Fsp3) is 0.200. The molecule has 0 amide bonds. The number of halogens is 1. The van der Waals surface area contributed by atoms with E-state index in [2.05, 4.69) is 33.8 Å². The van der Waals surface area contributed by atoms with Crippen molar-refractivity contribution in [1.29, 1.82) is 0 Å². The summed E-state index contributed by atoms with van der Waals surface area (Å²) in [6, 6.07) is 12.1. The van der Waals surface area contributed by atoms with E-state index in [4.69, 9.17) is 10.5 Å². The van der Waals surface area contributed by atoms with Gasteiger partial charge in [-0.1, -0.05) is 46.0 Å². The van der Waals surface area contributed by atoms with Gasteiger partial charge in [0.05, 0.1) is 24.6 Å². The van der Waals surface area contributed by atoms with Crippen LogP contribution in [0.1, 0.15) is 15.3 Å². The number of benzene rings is 1. The summed E-state index contributed by atoms with van der Waals surface area (Å²) in [5.74, 6) is 5.87. The first-order valence-electron chi connectivity index (χ1n) is 5.88. The molecule has 0 aliphatic heterocycles. The van der Waals surface area contributed by atoms with Crippen molar-refractivity contribution < 1.29 is 4.74 Å². The van der Waals surface area contributed by atoms with Gasteiger partial charge in [-0.2, -0.15) is 0 Å². The molecule has 4 heteroatoms. The number of hydrogen-bond donors (Lipinski definition) is 1. The van der Waals surface area contributed by atoms with E-state index in [-0.39, 0.29) is 0 Å². The van der Waals surface area contributed by atoms with Gasteiger partial charge in [-0.15, -0.1) is 11.3 Å². The van der Waals surface area contributed by atoms with Crippen molar-refractivity contribution >= 4 is 27.3 Å². The van der Waals surface area contributed by atoms with E-state index >= 15 is 0 Å². The van der Waals surface area contributed by atoms with Crippen LogP contribution in [0.3, 0.4) is 0 Å². The Bertz CT molecular complexity index is 597. The summed E-state index contributed by atoms with van der Waals surface area (Å²) < 4.78 is 6.79. The zero-order valence-electron chi connectivity index (χ0n) is 10.4. The standard InChI is InChI=1S/C15H14BrNOS/c16-15-6-2-1-4-12(15)10-18-11-14-8-7-13(19-14)5-3-9-17/h1-2,4,6-8H,9-11,17H2. The van der Waals surface area contributed by atoms with Crippen LogP contribution in [0.2, 0.25) is 0 Å². The van der Waals surface area contributed by atoms with Gasteiger partial charge in [-0.25, -0.2) is 0 Å². The topological polar surface area (TPSA) is 35.2 Å². The van der Waals surface area contributed by atoms with Gasteiger partial charge in [0.2, 0.25) is 0 Å². The maximum atomic E-state index is 5.71. The highest BCUT2D eigenvalue weighted by atomic mass is 79.9. The third-order valence-electron chi connectivity index (χ3n) is 2.44. The van der Waals surface area contributed by atoms with E-state index in [1.54, 1.807) is 11.3 Å². The first-order valence-corrected chi connectivity index (χ1v) is 7.49.